The molecular formula is C34H24BrF4N3O5S2. The van der Waals surface area contributed by atoms with Crippen molar-refractivity contribution in [3.8, 4) is 5.75 Å². The summed E-state index contributed by atoms with van der Waals surface area (Å²) in [6, 6.07) is 15.2. The largest absolute Gasteiger partial charge is 0.483 e. The van der Waals surface area contributed by atoms with Gasteiger partial charge in [-0.3, -0.25) is 19.2 Å². The van der Waals surface area contributed by atoms with Gasteiger partial charge in [0.2, 0.25) is 11.8 Å². The zero-order chi connectivity index (χ0) is 34.4. The summed E-state index contributed by atoms with van der Waals surface area (Å²) >= 11 is 6.02. The summed E-state index contributed by atoms with van der Waals surface area (Å²) in [6.45, 7) is -0.380. The molecule has 2 N–H and O–H groups in total. The molecule has 2 aliphatic carbocycles. The number of carbonyl (C=O) groups excluding carboxylic acids is 3. The van der Waals surface area contributed by atoms with Gasteiger partial charge in [-0.15, -0.1) is 11.8 Å². The van der Waals surface area contributed by atoms with Crippen molar-refractivity contribution in [1.29, 1.82) is 0 Å². The van der Waals surface area contributed by atoms with E-state index in [1.165, 1.54) is 48.2 Å². The number of benzene rings is 3. The summed E-state index contributed by atoms with van der Waals surface area (Å²) in [5, 5.41) is 3.08. The number of thiazole rings is 1. The van der Waals surface area contributed by atoms with Crippen LogP contribution in [-0.2, 0) is 20.6 Å². The number of alkyl halides is 3. The molecule has 2 saturated carbocycles. The first-order chi connectivity index (χ1) is 23.4. The smallest absolute Gasteiger partial charge is 0.418 e. The van der Waals surface area contributed by atoms with Gasteiger partial charge in [-0.1, -0.05) is 39.4 Å². The average molecular weight is 775 g/mol. The van der Waals surface area contributed by atoms with E-state index in [2.05, 4.69) is 26.2 Å². The standard InChI is InChI=1S/C34H24BrF4N3O5S2/c35-14-5-10-22(47-13-23(43)40-16-8-6-15(36)7-9-16)17(11-14)24-25-18-12-19(28(25)48-30-29(24)49-33(46)41-30)27-26(18)31(44)42(32(27)45)21-4-2-1-3-20(21)34(37,38)39/h1-11,18-19,24-28H,12-13H2,(H,40,43)(H,41,46)/t18?,19?,24-,25?,26?,27?,28?/m1/s1. The normalized spacial score (nSPS) is 26.8. The molecule has 3 aromatic carbocycles. The van der Waals surface area contributed by atoms with E-state index in [0.29, 0.717) is 32.9 Å². The predicted molar refractivity (Wildman–Crippen MR) is 177 cm³/mol. The molecule has 3 heterocycles. The summed E-state index contributed by atoms with van der Waals surface area (Å²) in [5.41, 5.74) is -0.459. The Bertz CT molecular complexity index is 2090. The van der Waals surface area contributed by atoms with Crippen LogP contribution >= 0.6 is 39.0 Å². The van der Waals surface area contributed by atoms with Crippen molar-refractivity contribution in [2.75, 3.05) is 16.8 Å². The highest BCUT2D eigenvalue weighted by atomic mass is 79.9. The fourth-order valence-electron chi connectivity index (χ4n) is 8.28. The second-order valence-corrected chi connectivity index (χ2v) is 15.6. The van der Waals surface area contributed by atoms with Crippen LogP contribution in [0.1, 0.15) is 28.3 Å². The Hall–Kier alpha value is -3.95. The van der Waals surface area contributed by atoms with Crippen molar-refractivity contribution in [2.45, 2.75) is 28.8 Å². The summed E-state index contributed by atoms with van der Waals surface area (Å²) in [5.74, 6) is -4.86. The molecule has 1 aromatic heterocycles. The number of nitrogens with one attached hydrogen (secondary N) is 2. The monoisotopic (exact) mass is 773 g/mol. The van der Waals surface area contributed by atoms with Crippen molar-refractivity contribution in [3.63, 3.8) is 0 Å². The van der Waals surface area contributed by atoms with Gasteiger partial charge < -0.3 is 15.0 Å². The third kappa shape index (κ3) is 5.32. The van der Waals surface area contributed by atoms with E-state index in [-0.39, 0.29) is 34.5 Å². The van der Waals surface area contributed by atoms with Crippen molar-refractivity contribution in [2.24, 2.45) is 29.6 Å². The fraction of sp³-hybridized carbons (Fsp3) is 0.294. The molecule has 7 atom stereocenters. The maximum atomic E-state index is 14.1. The number of hydrogen-bond acceptors (Lipinski definition) is 7. The summed E-state index contributed by atoms with van der Waals surface area (Å²) in [6.07, 6.45) is -4.24. The Labute approximate surface area is 292 Å². The van der Waals surface area contributed by atoms with Gasteiger partial charge >= 0.3 is 11.0 Å². The third-order valence-electron chi connectivity index (χ3n) is 9.97. The van der Waals surface area contributed by atoms with E-state index in [1.54, 1.807) is 12.1 Å². The van der Waals surface area contributed by atoms with Gasteiger partial charge in [0.15, 0.2) is 6.61 Å². The summed E-state index contributed by atoms with van der Waals surface area (Å²) in [7, 11) is 0. The second kappa shape index (κ2) is 11.8. The van der Waals surface area contributed by atoms with Crippen LogP contribution in [0, 0.1) is 35.4 Å². The highest BCUT2D eigenvalue weighted by molar-refractivity contribution is 9.10. The number of ether oxygens (including phenoxy) is 1. The Morgan fingerprint density at radius 3 is 2.45 bits per heavy atom. The number of rotatable bonds is 6. The highest BCUT2D eigenvalue weighted by Gasteiger charge is 2.70. The van der Waals surface area contributed by atoms with Crippen LogP contribution in [-0.4, -0.2) is 34.6 Å². The highest BCUT2D eigenvalue weighted by Crippen LogP contribution is 2.69. The lowest BCUT2D eigenvalue weighted by atomic mass is 9.68. The molecule has 8 nitrogen and oxygen atoms in total. The van der Waals surface area contributed by atoms with Crippen LogP contribution in [0.2, 0.25) is 0 Å². The van der Waals surface area contributed by atoms with Crippen molar-refractivity contribution < 1.29 is 36.7 Å². The SMILES string of the molecule is O=C(COc1ccc(Br)cc1[C@H]1c2sc(=O)[nH]c2SC2C3CC(C4C(=O)N(c5ccccc5C(F)(F)F)C(=O)C34)C21)Nc1ccc(F)cc1. The minimum absolute atomic E-state index is 0.225. The lowest BCUT2D eigenvalue weighted by Crippen LogP contribution is -2.42. The lowest BCUT2D eigenvalue weighted by molar-refractivity contribution is -0.137. The summed E-state index contributed by atoms with van der Waals surface area (Å²) in [4.78, 5) is 57.7. The molecule has 252 valence electrons. The van der Waals surface area contributed by atoms with Crippen LogP contribution < -0.4 is 19.8 Å². The van der Waals surface area contributed by atoms with Gasteiger partial charge in [0.1, 0.15) is 11.6 Å². The number of nitrogens with zero attached hydrogens (tertiary/aromatic N) is 1. The molecule has 8 rings (SSSR count). The Balaban J connectivity index is 1.15. The molecule has 49 heavy (non-hydrogen) atoms. The van der Waals surface area contributed by atoms with E-state index in [0.717, 1.165) is 33.2 Å². The molecule has 0 spiro atoms. The zero-order valence-electron chi connectivity index (χ0n) is 25.0. The van der Waals surface area contributed by atoms with Gasteiger partial charge in [0, 0.05) is 31.8 Å². The number of halogens is 5. The van der Waals surface area contributed by atoms with Crippen molar-refractivity contribution >= 4 is 68.1 Å². The molecule has 2 bridgehead atoms. The number of para-hydroxylation sites is 1. The van der Waals surface area contributed by atoms with Gasteiger partial charge in [-0.25, -0.2) is 9.29 Å². The quantitative estimate of drug-likeness (QED) is 0.161. The topological polar surface area (TPSA) is 109 Å². The Morgan fingerprint density at radius 1 is 1.00 bits per heavy atom. The minimum atomic E-state index is -4.77. The number of aromatic nitrogens is 1. The number of anilines is 2. The second-order valence-electron chi connectivity index (χ2n) is 12.5. The van der Waals surface area contributed by atoms with E-state index in [9.17, 15) is 36.7 Å². The summed E-state index contributed by atoms with van der Waals surface area (Å²) < 4.78 is 62.1. The molecule has 1 saturated heterocycles. The number of imide groups is 1. The van der Waals surface area contributed by atoms with Gasteiger partial charge in [0.05, 0.1) is 28.1 Å². The minimum Gasteiger partial charge on any atom is -0.483 e. The number of hydrogen-bond donors (Lipinski definition) is 2. The van der Waals surface area contributed by atoms with Crippen LogP contribution in [0.25, 0.3) is 0 Å². The van der Waals surface area contributed by atoms with Crippen LogP contribution in [0.4, 0.5) is 28.9 Å². The number of fused-ring (bicyclic) bond motifs is 9. The molecule has 15 heteroatoms. The molecular weight excluding hydrogens is 750 g/mol. The molecule has 0 radical (unpaired) electrons. The maximum Gasteiger partial charge on any atom is 0.418 e. The zero-order valence-corrected chi connectivity index (χ0v) is 28.2. The number of thioether (sulfide) groups is 1. The fourth-order valence-corrected chi connectivity index (χ4v) is 11.5. The number of amides is 3. The number of carbonyl (C=O) groups is 3. The Morgan fingerprint density at radius 2 is 1.71 bits per heavy atom. The predicted octanol–water partition coefficient (Wildman–Crippen LogP) is 7.05. The van der Waals surface area contributed by atoms with Gasteiger partial charge in [0.25, 0.3) is 5.91 Å². The average Bonchev–Trinajstić information content (AvgIpc) is 3.80. The van der Waals surface area contributed by atoms with Gasteiger partial charge in [-0.05, 0) is 78.8 Å². The molecule has 4 aliphatic rings. The van der Waals surface area contributed by atoms with E-state index in [1.807, 2.05) is 6.07 Å². The number of H-pyrrole nitrogens is 1. The van der Waals surface area contributed by atoms with Crippen molar-refractivity contribution in [3.05, 3.63) is 103 Å². The van der Waals surface area contributed by atoms with Crippen LogP contribution in [0.5, 0.6) is 5.75 Å². The molecule has 3 amide bonds. The van der Waals surface area contributed by atoms with Crippen molar-refractivity contribution in [1.82, 2.24) is 4.98 Å². The van der Waals surface area contributed by atoms with Gasteiger partial charge in [-0.2, -0.15) is 13.2 Å². The molecule has 2 aliphatic heterocycles. The van der Waals surface area contributed by atoms with Crippen LogP contribution in [0.15, 0.2) is 81.0 Å². The number of aromatic amines is 1. The first-order valence-electron chi connectivity index (χ1n) is 15.3. The molecule has 6 unspecified atom stereocenters. The first kappa shape index (κ1) is 32.3. The third-order valence-corrected chi connectivity index (χ3v) is 13.0. The van der Waals surface area contributed by atoms with Crippen LogP contribution in [0.3, 0.4) is 0 Å². The first-order valence-corrected chi connectivity index (χ1v) is 17.8. The molecule has 3 fully saturated rings. The van der Waals surface area contributed by atoms with E-state index >= 15 is 0 Å². The molecule has 4 aromatic rings. The van der Waals surface area contributed by atoms with E-state index in [4.69, 9.17) is 4.74 Å². The maximum absolute atomic E-state index is 14.1. The lowest BCUT2D eigenvalue weighted by Gasteiger charge is -2.43. The Kier molecular flexibility index (Phi) is 7.79. The van der Waals surface area contributed by atoms with E-state index < -0.39 is 58.7 Å².